The fourth-order valence-corrected chi connectivity index (χ4v) is 3.01. The second-order valence-electron chi connectivity index (χ2n) is 3.27. The zero-order valence-corrected chi connectivity index (χ0v) is 14.4. The summed E-state index contributed by atoms with van der Waals surface area (Å²) in [5.41, 5.74) is 0. The van der Waals surface area contributed by atoms with Gasteiger partial charge in [-0.15, -0.1) is 0 Å². The third-order valence-electron chi connectivity index (χ3n) is 1.72. The van der Waals surface area contributed by atoms with E-state index in [1.807, 2.05) is 0 Å². The SMILES string of the molecule is CC(=O)N[C@@H](CS(=O)/C(Cl)=C(\Cl)C(Cl)=C(Cl)Cl)C(=O)O. The maximum Gasteiger partial charge on any atom is 0.327 e. The van der Waals surface area contributed by atoms with Gasteiger partial charge < -0.3 is 10.4 Å². The van der Waals surface area contributed by atoms with Crippen molar-refractivity contribution < 1.29 is 18.9 Å². The van der Waals surface area contributed by atoms with Gasteiger partial charge in [0.1, 0.15) is 14.9 Å². The standard InChI is InChI=1S/C9H8Cl5NO4S/c1-3(16)15-4(9(17)18)2-20(19)8(14)6(11)5(10)7(12)13/h4H,2H2,1H3,(H,15,16)(H,17,18)/b8-6-/t4-,20?/m0/s1. The Balaban J connectivity index is 5.17. The van der Waals surface area contributed by atoms with Crippen LogP contribution in [-0.4, -0.2) is 33.0 Å². The van der Waals surface area contributed by atoms with Crippen molar-refractivity contribution >= 4 is 80.7 Å². The van der Waals surface area contributed by atoms with Crippen LogP contribution in [0.5, 0.6) is 0 Å². The summed E-state index contributed by atoms with van der Waals surface area (Å²) >= 11 is 27.8. The lowest BCUT2D eigenvalue weighted by molar-refractivity contribution is -0.140. The van der Waals surface area contributed by atoms with Crippen molar-refractivity contribution in [1.29, 1.82) is 0 Å². The first-order chi connectivity index (χ1) is 9.07. The quantitative estimate of drug-likeness (QED) is 0.668. The number of carboxylic acids is 1. The number of amides is 1. The van der Waals surface area contributed by atoms with Crippen LogP contribution in [0.25, 0.3) is 0 Å². The molecule has 1 amide bonds. The molecule has 0 aliphatic rings. The lowest BCUT2D eigenvalue weighted by atomic mass is 10.3. The van der Waals surface area contributed by atoms with Crippen molar-refractivity contribution in [2.45, 2.75) is 13.0 Å². The van der Waals surface area contributed by atoms with Gasteiger partial charge in [0, 0.05) is 6.92 Å². The lowest BCUT2D eigenvalue weighted by Gasteiger charge is -2.12. The zero-order chi connectivity index (χ0) is 16.0. The molecule has 0 fully saturated rings. The highest BCUT2D eigenvalue weighted by Gasteiger charge is 2.24. The first-order valence-electron chi connectivity index (χ1n) is 4.72. The van der Waals surface area contributed by atoms with E-state index in [1.54, 1.807) is 0 Å². The van der Waals surface area contributed by atoms with Crippen molar-refractivity contribution in [3.05, 3.63) is 18.9 Å². The first-order valence-corrected chi connectivity index (χ1v) is 7.93. The fourth-order valence-electron chi connectivity index (χ4n) is 0.914. The Hall–Kier alpha value is 0.0200. The van der Waals surface area contributed by atoms with Crippen LogP contribution < -0.4 is 5.32 Å². The maximum absolute atomic E-state index is 11.9. The molecule has 20 heavy (non-hydrogen) atoms. The number of hydrogen-bond acceptors (Lipinski definition) is 3. The van der Waals surface area contributed by atoms with Gasteiger partial charge in [-0.25, -0.2) is 4.79 Å². The van der Waals surface area contributed by atoms with Crippen molar-refractivity contribution in [2.24, 2.45) is 0 Å². The van der Waals surface area contributed by atoms with E-state index in [1.165, 1.54) is 0 Å². The predicted octanol–water partition coefficient (Wildman–Crippen LogP) is 2.86. The smallest absolute Gasteiger partial charge is 0.327 e. The Kier molecular flexibility index (Phi) is 9.13. The Bertz CT molecular complexity index is 501. The summed E-state index contributed by atoms with van der Waals surface area (Å²) in [7, 11) is -2.02. The number of rotatable bonds is 6. The van der Waals surface area contributed by atoms with Crippen LogP contribution >= 0.6 is 58.0 Å². The molecular formula is C9H8Cl5NO4S. The molecule has 0 aromatic rings. The Morgan fingerprint density at radius 1 is 1.15 bits per heavy atom. The molecule has 0 aromatic heterocycles. The highest BCUT2D eigenvalue weighted by atomic mass is 35.5. The van der Waals surface area contributed by atoms with Gasteiger partial charge in [0.15, 0.2) is 0 Å². The lowest BCUT2D eigenvalue weighted by Crippen LogP contribution is -2.43. The third kappa shape index (κ3) is 6.65. The highest BCUT2D eigenvalue weighted by molar-refractivity contribution is 7.90. The topological polar surface area (TPSA) is 83.5 Å². The van der Waals surface area contributed by atoms with E-state index in [9.17, 15) is 13.8 Å². The van der Waals surface area contributed by atoms with Crippen LogP contribution in [0.3, 0.4) is 0 Å². The average molecular weight is 403 g/mol. The molecule has 0 saturated heterocycles. The van der Waals surface area contributed by atoms with E-state index in [0.717, 1.165) is 6.92 Å². The number of carbonyl (C=O) groups is 2. The molecule has 11 heteroatoms. The molecule has 0 aliphatic carbocycles. The monoisotopic (exact) mass is 401 g/mol. The van der Waals surface area contributed by atoms with E-state index < -0.39 is 38.8 Å². The summed E-state index contributed by atoms with van der Waals surface area (Å²) in [6, 6.07) is -1.39. The van der Waals surface area contributed by atoms with Crippen LogP contribution in [0.15, 0.2) is 18.9 Å². The number of nitrogens with one attached hydrogen (secondary N) is 1. The van der Waals surface area contributed by atoms with Gasteiger partial charge in [0.2, 0.25) is 5.91 Å². The number of allylic oxidation sites excluding steroid dienone is 2. The largest absolute Gasteiger partial charge is 0.480 e. The van der Waals surface area contributed by atoms with Gasteiger partial charge in [0.25, 0.3) is 0 Å². The molecule has 0 radical (unpaired) electrons. The molecule has 114 valence electrons. The number of aliphatic carboxylic acids is 1. The van der Waals surface area contributed by atoms with Gasteiger partial charge in [-0.3, -0.25) is 9.00 Å². The number of halogens is 5. The van der Waals surface area contributed by atoms with E-state index in [0.29, 0.717) is 0 Å². The van der Waals surface area contributed by atoms with E-state index in [2.05, 4.69) is 5.32 Å². The molecule has 0 aliphatic heterocycles. The van der Waals surface area contributed by atoms with Crippen LogP contribution in [-0.2, 0) is 20.4 Å². The minimum atomic E-state index is -2.02. The fraction of sp³-hybridized carbons (Fsp3) is 0.333. The van der Waals surface area contributed by atoms with E-state index in [-0.39, 0.29) is 14.6 Å². The molecule has 0 saturated carbocycles. The van der Waals surface area contributed by atoms with Gasteiger partial charge in [-0.2, -0.15) is 0 Å². The summed E-state index contributed by atoms with van der Waals surface area (Å²) in [4.78, 5) is 21.7. The van der Waals surface area contributed by atoms with Crippen molar-refractivity contribution in [2.75, 3.05) is 5.75 Å². The number of carbonyl (C=O) groups excluding carboxylic acids is 1. The summed E-state index contributed by atoms with van der Waals surface area (Å²) in [6.45, 7) is 1.12. The molecule has 1 unspecified atom stereocenters. The normalized spacial score (nSPS) is 14.9. The first kappa shape index (κ1) is 20.0. The average Bonchev–Trinajstić information content (AvgIpc) is 2.34. The number of carboxylic acid groups (broad SMARTS) is 1. The minimum Gasteiger partial charge on any atom is -0.480 e. The molecule has 0 aromatic carbocycles. The molecule has 0 heterocycles. The molecule has 0 spiro atoms. The van der Waals surface area contributed by atoms with Gasteiger partial charge in [0.05, 0.1) is 26.6 Å². The van der Waals surface area contributed by atoms with Crippen LogP contribution in [0.4, 0.5) is 0 Å². The predicted molar refractivity (Wildman–Crippen MR) is 81.6 cm³/mol. The van der Waals surface area contributed by atoms with Crippen LogP contribution in [0.1, 0.15) is 6.92 Å². The molecule has 2 N–H and O–H groups in total. The summed E-state index contributed by atoms with van der Waals surface area (Å²) in [5.74, 6) is -2.46. The molecule has 0 rings (SSSR count). The Morgan fingerprint density at radius 2 is 1.65 bits per heavy atom. The minimum absolute atomic E-state index is 0.320. The van der Waals surface area contributed by atoms with E-state index >= 15 is 0 Å². The molecule has 0 bridgehead atoms. The van der Waals surface area contributed by atoms with E-state index in [4.69, 9.17) is 63.1 Å². The highest BCUT2D eigenvalue weighted by Crippen LogP contribution is 2.32. The van der Waals surface area contributed by atoms with Crippen molar-refractivity contribution in [3.63, 3.8) is 0 Å². The Morgan fingerprint density at radius 3 is 2.00 bits per heavy atom. The van der Waals surface area contributed by atoms with Crippen molar-refractivity contribution in [3.8, 4) is 0 Å². The van der Waals surface area contributed by atoms with Gasteiger partial charge in [-0.05, 0) is 0 Å². The van der Waals surface area contributed by atoms with Crippen LogP contribution in [0, 0.1) is 0 Å². The second kappa shape index (κ2) is 9.12. The molecule has 5 nitrogen and oxygen atoms in total. The molecular weight excluding hydrogens is 395 g/mol. The maximum atomic E-state index is 11.9. The zero-order valence-electron chi connectivity index (χ0n) is 9.75. The van der Waals surface area contributed by atoms with Crippen molar-refractivity contribution in [1.82, 2.24) is 5.32 Å². The van der Waals surface area contributed by atoms with Crippen LogP contribution in [0.2, 0.25) is 0 Å². The van der Waals surface area contributed by atoms with Gasteiger partial charge in [-0.1, -0.05) is 58.0 Å². The molecule has 2 atom stereocenters. The Labute approximate surface area is 142 Å². The third-order valence-corrected chi connectivity index (χ3v) is 5.30. The summed E-state index contributed by atoms with van der Waals surface area (Å²) < 4.78 is 11.1. The second-order valence-corrected chi connectivity index (χ2v) is 7.01. The number of hydrogen-bond donors (Lipinski definition) is 2. The van der Waals surface area contributed by atoms with Gasteiger partial charge >= 0.3 is 5.97 Å². The summed E-state index contributed by atoms with van der Waals surface area (Å²) in [5, 5.41) is 10.3. The summed E-state index contributed by atoms with van der Waals surface area (Å²) in [6.07, 6.45) is 0.